The van der Waals surface area contributed by atoms with Gasteiger partial charge in [0, 0.05) is 26.4 Å². The number of carbonyl (C=O) groups is 1. The Hall–Kier alpha value is -1.85. The van der Waals surface area contributed by atoms with Gasteiger partial charge in [-0.15, -0.1) is 0 Å². The van der Waals surface area contributed by atoms with Crippen LogP contribution in [0.4, 0.5) is 0 Å². The summed E-state index contributed by atoms with van der Waals surface area (Å²) in [6.45, 7) is 2.02. The van der Waals surface area contributed by atoms with Crippen molar-refractivity contribution in [1.82, 2.24) is 14.9 Å². The number of hydrogen-bond donors (Lipinski definition) is 2. The van der Waals surface area contributed by atoms with E-state index in [1.807, 2.05) is 7.05 Å². The van der Waals surface area contributed by atoms with Crippen LogP contribution < -0.4 is 5.56 Å². The van der Waals surface area contributed by atoms with Crippen molar-refractivity contribution in [3.63, 3.8) is 0 Å². The predicted octanol–water partition coefficient (Wildman–Crippen LogP) is 2.39. The third kappa shape index (κ3) is 4.05. The summed E-state index contributed by atoms with van der Waals surface area (Å²) in [6, 6.07) is 0. The summed E-state index contributed by atoms with van der Waals surface area (Å²) < 4.78 is 0. The molecule has 2 aliphatic rings. The van der Waals surface area contributed by atoms with Gasteiger partial charge in [-0.25, -0.2) is 4.98 Å². The van der Waals surface area contributed by atoms with Crippen molar-refractivity contribution in [2.75, 3.05) is 13.6 Å². The Bertz CT molecular complexity index is 663. The van der Waals surface area contributed by atoms with Crippen LogP contribution in [0.25, 0.3) is 0 Å². The lowest BCUT2D eigenvalue weighted by atomic mass is 9.63. The van der Waals surface area contributed by atoms with E-state index >= 15 is 0 Å². The summed E-state index contributed by atoms with van der Waals surface area (Å²) in [7, 11) is 1.81. The fourth-order valence-electron chi connectivity index (χ4n) is 3.89. The average molecular weight is 347 g/mol. The van der Waals surface area contributed by atoms with Crippen LogP contribution in [0.15, 0.2) is 4.79 Å². The molecule has 25 heavy (non-hydrogen) atoms. The van der Waals surface area contributed by atoms with Crippen LogP contribution in [0.3, 0.4) is 0 Å². The minimum absolute atomic E-state index is 0.183. The average Bonchev–Trinajstić information content (AvgIpc) is 2.46. The lowest BCUT2D eigenvalue weighted by Crippen LogP contribution is -2.38. The van der Waals surface area contributed by atoms with E-state index in [1.165, 1.54) is 45.4 Å². The Morgan fingerprint density at radius 2 is 1.88 bits per heavy atom. The molecule has 2 saturated carbocycles. The Labute approximate surface area is 148 Å². The van der Waals surface area contributed by atoms with Gasteiger partial charge in [0.05, 0.1) is 5.56 Å². The number of rotatable bonds is 7. The molecule has 0 aromatic carbocycles. The number of carbonyl (C=O) groups excluding carboxylic acids is 1. The summed E-state index contributed by atoms with van der Waals surface area (Å²) >= 11 is 0. The molecule has 0 spiro atoms. The first-order valence-corrected chi connectivity index (χ1v) is 9.48. The number of likely N-dealkylation sites (N-methyl/N-ethyl adjacent to an activating group) is 1. The molecule has 1 amide bonds. The maximum Gasteiger partial charge on any atom is 0.257 e. The standard InChI is InChI=1S/C19H29N3O3/c1-12-18(24)20-16(21-19(12)25)9-10-22(2)17(23)11-15(13-5-3-6-13)14-7-4-8-14/h13-15H,3-11H2,1-2H3,(H2,20,21,24,25). The molecule has 0 saturated heterocycles. The molecule has 1 aromatic rings. The van der Waals surface area contributed by atoms with E-state index in [4.69, 9.17) is 0 Å². The number of aromatic amines is 1. The van der Waals surface area contributed by atoms with E-state index < -0.39 is 0 Å². The molecule has 6 nitrogen and oxygen atoms in total. The Kier molecular flexibility index (Phi) is 5.45. The smallest absolute Gasteiger partial charge is 0.257 e. The van der Waals surface area contributed by atoms with Gasteiger partial charge in [0.25, 0.3) is 5.56 Å². The third-order valence-corrected chi connectivity index (χ3v) is 6.21. The van der Waals surface area contributed by atoms with Crippen molar-refractivity contribution >= 4 is 5.91 Å². The second kappa shape index (κ2) is 7.58. The summed E-state index contributed by atoms with van der Waals surface area (Å²) in [5.41, 5.74) is -0.108. The second-order valence-electron chi connectivity index (χ2n) is 7.78. The van der Waals surface area contributed by atoms with Gasteiger partial charge in [-0.1, -0.05) is 38.5 Å². The zero-order valence-corrected chi connectivity index (χ0v) is 15.3. The van der Waals surface area contributed by atoms with E-state index in [1.54, 1.807) is 4.90 Å². The minimum atomic E-state index is -0.327. The Morgan fingerprint density at radius 3 is 2.36 bits per heavy atom. The SMILES string of the molecule is Cc1c(O)nc(CCN(C)C(=O)CC(C2CCC2)C2CCC2)[nH]c1=O. The quantitative estimate of drug-likeness (QED) is 0.793. The van der Waals surface area contributed by atoms with E-state index in [0.717, 1.165) is 11.8 Å². The van der Waals surface area contributed by atoms with Crippen molar-refractivity contribution in [3.8, 4) is 5.88 Å². The van der Waals surface area contributed by atoms with Gasteiger partial charge in [-0.2, -0.15) is 0 Å². The fourth-order valence-corrected chi connectivity index (χ4v) is 3.89. The summed E-state index contributed by atoms with van der Waals surface area (Å²) in [6.07, 6.45) is 8.84. The zero-order chi connectivity index (χ0) is 18.0. The van der Waals surface area contributed by atoms with Gasteiger partial charge < -0.3 is 15.0 Å². The lowest BCUT2D eigenvalue weighted by molar-refractivity contribution is -0.132. The van der Waals surface area contributed by atoms with Crippen LogP contribution in [0, 0.1) is 24.7 Å². The number of amides is 1. The molecule has 1 aromatic heterocycles. The first-order chi connectivity index (χ1) is 12.0. The molecule has 0 atom stereocenters. The van der Waals surface area contributed by atoms with Gasteiger partial charge in [-0.05, 0) is 24.7 Å². The zero-order valence-electron chi connectivity index (χ0n) is 15.3. The molecule has 1 heterocycles. The highest BCUT2D eigenvalue weighted by Gasteiger charge is 2.37. The van der Waals surface area contributed by atoms with Crippen LogP contribution in [-0.2, 0) is 11.2 Å². The highest BCUT2D eigenvalue weighted by atomic mass is 16.3. The maximum atomic E-state index is 12.6. The Morgan fingerprint density at radius 1 is 1.28 bits per heavy atom. The van der Waals surface area contributed by atoms with Crippen molar-refractivity contribution in [3.05, 3.63) is 21.7 Å². The molecule has 0 unspecified atom stereocenters. The molecule has 138 valence electrons. The molecule has 6 heteroatoms. The van der Waals surface area contributed by atoms with Gasteiger partial charge in [0.2, 0.25) is 11.8 Å². The molecule has 0 aliphatic heterocycles. The summed E-state index contributed by atoms with van der Waals surface area (Å²) in [4.78, 5) is 32.7. The van der Waals surface area contributed by atoms with Gasteiger partial charge in [0.15, 0.2) is 0 Å². The van der Waals surface area contributed by atoms with Crippen LogP contribution >= 0.6 is 0 Å². The molecule has 2 N–H and O–H groups in total. The van der Waals surface area contributed by atoms with Gasteiger partial charge >= 0.3 is 0 Å². The first-order valence-electron chi connectivity index (χ1n) is 9.48. The van der Waals surface area contributed by atoms with E-state index in [0.29, 0.717) is 31.1 Å². The predicted molar refractivity (Wildman–Crippen MR) is 95.4 cm³/mol. The third-order valence-electron chi connectivity index (χ3n) is 6.21. The molecule has 0 bridgehead atoms. The van der Waals surface area contributed by atoms with Gasteiger partial charge in [0.1, 0.15) is 5.82 Å². The number of hydrogen-bond acceptors (Lipinski definition) is 4. The van der Waals surface area contributed by atoms with E-state index in [9.17, 15) is 14.7 Å². The van der Waals surface area contributed by atoms with Crippen LogP contribution in [0.2, 0.25) is 0 Å². The van der Waals surface area contributed by atoms with E-state index in [2.05, 4.69) is 9.97 Å². The first kappa shape index (κ1) is 18.0. The van der Waals surface area contributed by atoms with Crippen molar-refractivity contribution in [1.29, 1.82) is 0 Å². The molecule has 0 radical (unpaired) electrons. The number of H-pyrrole nitrogens is 1. The molecular weight excluding hydrogens is 318 g/mol. The summed E-state index contributed by atoms with van der Waals surface area (Å²) in [5.74, 6) is 2.41. The fraction of sp³-hybridized carbons (Fsp3) is 0.737. The van der Waals surface area contributed by atoms with Crippen molar-refractivity contribution in [2.24, 2.45) is 17.8 Å². The lowest BCUT2D eigenvalue weighted by Gasteiger charge is -2.42. The van der Waals surface area contributed by atoms with Crippen LogP contribution in [0.5, 0.6) is 5.88 Å². The second-order valence-corrected chi connectivity index (χ2v) is 7.78. The molecule has 3 rings (SSSR count). The van der Waals surface area contributed by atoms with E-state index in [-0.39, 0.29) is 22.9 Å². The number of aromatic nitrogens is 2. The number of aromatic hydroxyl groups is 1. The van der Waals surface area contributed by atoms with Gasteiger partial charge in [-0.3, -0.25) is 9.59 Å². The topological polar surface area (TPSA) is 86.3 Å². The number of nitrogens with one attached hydrogen (secondary N) is 1. The number of nitrogens with zero attached hydrogens (tertiary/aromatic N) is 2. The Balaban J connectivity index is 1.54. The van der Waals surface area contributed by atoms with Crippen molar-refractivity contribution < 1.29 is 9.90 Å². The molecule has 2 fully saturated rings. The normalized spacial score (nSPS) is 18.0. The molecular formula is C19H29N3O3. The highest BCUT2D eigenvalue weighted by molar-refractivity contribution is 5.76. The summed E-state index contributed by atoms with van der Waals surface area (Å²) in [5, 5.41) is 9.65. The molecule has 2 aliphatic carbocycles. The van der Waals surface area contributed by atoms with Crippen LogP contribution in [0.1, 0.15) is 56.3 Å². The largest absolute Gasteiger partial charge is 0.493 e. The van der Waals surface area contributed by atoms with Crippen LogP contribution in [-0.4, -0.2) is 39.5 Å². The maximum absolute atomic E-state index is 12.6. The highest BCUT2D eigenvalue weighted by Crippen LogP contribution is 2.46. The minimum Gasteiger partial charge on any atom is -0.493 e. The van der Waals surface area contributed by atoms with Crippen molar-refractivity contribution in [2.45, 2.75) is 58.3 Å². The monoisotopic (exact) mass is 347 g/mol.